The summed E-state index contributed by atoms with van der Waals surface area (Å²) in [6.07, 6.45) is -5.67. The summed E-state index contributed by atoms with van der Waals surface area (Å²) in [6.45, 7) is 2.17. The summed E-state index contributed by atoms with van der Waals surface area (Å²) in [7, 11) is 0. The van der Waals surface area contributed by atoms with Crippen molar-refractivity contribution < 1.29 is 32.6 Å². The molecule has 1 saturated heterocycles. The van der Waals surface area contributed by atoms with Crippen LogP contribution in [-0.2, 0) is 9.59 Å². The summed E-state index contributed by atoms with van der Waals surface area (Å²) in [5.74, 6) is -5.51. The Morgan fingerprint density at radius 1 is 1.25 bits per heavy atom. The number of aliphatic carboxylic acids is 1. The van der Waals surface area contributed by atoms with Gasteiger partial charge in [0, 0.05) is 13.1 Å². The Labute approximate surface area is 137 Å². The zero-order chi connectivity index (χ0) is 18.1. The fraction of sp³-hybridized carbons (Fsp3) is 0.500. The standard InChI is InChI=1S/C16H18F3NO4/c1-9-3-5-11(6-4-9)24-10(2)14(21)20-7-12(15(22)23)13(8-20)16(17,18)19/h3-6,10,12-13H,7-8H2,1-2H3,(H,22,23)/t10?,12-,13-/m1/s1. The van der Waals surface area contributed by atoms with Gasteiger partial charge in [0.2, 0.25) is 0 Å². The van der Waals surface area contributed by atoms with Gasteiger partial charge < -0.3 is 14.7 Å². The first-order valence-electron chi connectivity index (χ1n) is 7.41. The molecule has 2 rings (SSSR count). The summed E-state index contributed by atoms with van der Waals surface area (Å²) in [5.41, 5.74) is 0.998. The van der Waals surface area contributed by atoms with Gasteiger partial charge >= 0.3 is 12.1 Å². The van der Waals surface area contributed by atoms with E-state index < -0.39 is 49.1 Å². The van der Waals surface area contributed by atoms with Gasteiger partial charge in [0.05, 0.1) is 11.8 Å². The molecule has 0 aromatic heterocycles. The van der Waals surface area contributed by atoms with Crippen LogP contribution in [0.4, 0.5) is 13.2 Å². The van der Waals surface area contributed by atoms with Gasteiger partial charge in [-0.3, -0.25) is 9.59 Å². The molecule has 0 saturated carbocycles. The minimum Gasteiger partial charge on any atom is -0.481 e. The quantitative estimate of drug-likeness (QED) is 0.910. The SMILES string of the molecule is Cc1ccc(OC(C)C(=O)N2C[C@@H](C(F)(F)F)[C@H](C(=O)O)C2)cc1. The van der Waals surface area contributed by atoms with E-state index in [0.29, 0.717) is 5.75 Å². The van der Waals surface area contributed by atoms with Crippen molar-refractivity contribution in [3.8, 4) is 5.75 Å². The van der Waals surface area contributed by atoms with Gasteiger partial charge in [0.15, 0.2) is 6.10 Å². The molecule has 1 amide bonds. The van der Waals surface area contributed by atoms with Crippen molar-refractivity contribution >= 4 is 11.9 Å². The highest BCUT2D eigenvalue weighted by atomic mass is 19.4. The van der Waals surface area contributed by atoms with E-state index in [4.69, 9.17) is 9.84 Å². The maximum Gasteiger partial charge on any atom is 0.394 e. The van der Waals surface area contributed by atoms with Crippen LogP contribution in [0, 0.1) is 18.8 Å². The average Bonchev–Trinajstić information content (AvgIpc) is 2.94. The summed E-state index contributed by atoms with van der Waals surface area (Å²) in [5, 5.41) is 8.98. The first-order chi connectivity index (χ1) is 11.1. The molecule has 24 heavy (non-hydrogen) atoms. The molecule has 1 aromatic rings. The van der Waals surface area contributed by atoms with E-state index in [1.807, 2.05) is 6.92 Å². The lowest BCUT2D eigenvalue weighted by atomic mass is 9.96. The minimum absolute atomic E-state index is 0.419. The number of halogens is 3. The first kappa shape index (κ1) is 18.1. The maximum absolute atomic E-state index is 13.0. The number of carboxylic acids is 1. The number of hydrogen-bond donors (Lipinski definition) is 1. The number of aryl methyl sites for hydroxylation is 1. The lowest BCUT2D eigenvalue weighted by Gasteiger charge is -2.22. The third kappa shape index (κ3) is 3.98. The number of hydrogen-bond acceptors (Lipinski definition) is 3. The second-order valence-electron chi connectivity index (χ2n) is 5.91. The number of alkyl halides is 3. The normalized spacial score (nSPS) is 22.3. The van der Waals surface area contributed by atoms with E-state index in [-0.39, 0.29) is 0 Å². The number of carboxylic acid groups (broad SMARTS) is 1. The molecule has 5 nitrogen and oxygen atoms in total. The average molecular weight is 345 g/mol. The highest BCUT2D eigenvalue weighted by molar-refractivity contribution is 5.82. The van der Waals surface area contributed by atoms with Crippen molar-refractivity contribution in [2.75, 3.05) is 13.1 Å². The van der Waals surface area contributed by atoms with E-state index >= 15 is 0 Å². The predicted octanol–water partition coefficient (Wildman–Crippen LogP) is 2.48. The Balaban J connectivity index is 2.06. The van der Waals surface area contributed by atoms with Gasteiger partial charge in [-0.2, -0.15) is 13.2 Å². The second kappa shape index (κ2) is 6.70. The number of ether oxygens (including phenoxy) is 1. The summed E-state index contributed by atoms with van der Waals surface area (Å²) in [4.78, 5) is 24.3. The van der Waals surface area contributed by atoms with E-state index in [1.54, 1.807) is 24.3 Å². The zero-order valence-electron chi connectivity index (χ0n) is 13.2. The number of amides is 1. The lowest BCUT2D eigenvalue weighted by molar-refractivity contribution is -0.188. The summed E-state index contributed by atoms with van der Waals surface area (Å²) in [6, 6.07) is 6.87. The zero-order valence-corrected chi connectivity index (χ0v) is 13.2. The van der Waals surface area contributed by atoms with Crippen molar-refractivity contribution in [3.05, 3.63) is 29.8 Å². The second-order valence-corrected chi connectivity index (χ2v) is 5.91. The molecule has 1 heterocycles. The van der Waals surface area contributed by atoms with Crippen molar-refractivity contribution in [1.82, 2.24) is 4.90 Å². The Kier molecular flexibility index (Phi) is 5.05. The van der Waals surface area contributed by atoms with Gasteiger partial charge in [-0.05, 0) is 26.0 Å². The molecule has 3 atom stereocenters. The van der Waals surface area contributed by atoms with Crippen LogP contribution >= 0.6 is 0 Å². The number of benzene rings is 1. The molecule has 1 aromatic carbocycles. The minimum atomic E-state index is -4.67. The van der Waals surface area contributed by atoms with Crippen molar-refractivity contribution in [1.29, 1.82) is 0 Å². The molecule has 0 aliphatic carbocycles. The molecule has 1 aliphatic rings. The molecule has 1 aliphatic heterocycles. The van der Waals surface area contributed by atoms with Crippen LogP contribution in [-0.4, -0.2) is 47.3 Å². The van der Waals surface area contributed by atoms with Crippen LogP contribution < -0.4 is 4.74 Å². The van der Waals surface area contributed by atoms with Crippen molar-refractivity contribution in [3.63, 3.8) is 0 Å². The van der Waals surface area contributed by atoms with Gasteiger partial charge in [0.25, 0.3) is 5.91 Å². The number of carbonyl (C=O) groups excluding carboxylic acids is 1. The largest absolute Gasteiger partial charge is 0.481 e. The topological polar surface area (TPSA) is 66.8 Å². The molecule has 0 bridgehead atoms. The molecule has 1 unspecified atom stereocenters. The van der Waals surface area contributed by atoms with Gasteiger partial charge in [0.1, 0.15) is 5.75 Å². The van der Waals surface area contributed by atoms with Gasteiger partial charge in [-0.1, -0.05) is 17.7 Å². The smallest absolute Gasteiger partial charge is 0.394 e. The number of nitrogens with zero attached hydrogens (tertiary/aromatic N) is 1. The Hall–Kier alpha value is -2.25. The number of rotatable bonds is 4. The molecule has 1 N–H and O–H groups in total. The van der Waals surface area contributed by atoms with E-state index in [2.05, 4.69) is 0 Å². The van der Waals surface area contributed by atoms with Crippen LogP contribution in [0.3, 0.4) is 0 Å². The molecule has 1 fully saturated rings. The number of likely N-dealkylation sites (tertiary alicyclic amines) is 1. The third-order valence-electron chi connectivity index (χ3n) is 4.05. The van der Waals surface area contributed by atoms with Crippen LogP contribution in [0.1, 0.15) is 12.5 Å². The van der Waals surface area contributed by atoms with E-state index in [9.17, 15) is 22.8 Å². The lowest BCUT2D eigenvalue weighted by Crippen LogP contribution is -2.40. The molecule has 132 valence electrons. The van der Waals surface area contributed by atoms with E-state index in [0.717, 1.165) is 10.5 Å². The molecular formula is C16H18F3NO4. The summed E-state index contributed by atoms with van der Waals surface area (Å²) >= 11 is 0. The van der Waals surface area contributed by atoms with Crippen LogP contribution in [0.5, 0.6) is 5.75 Å². The Bertz CT molecular complexity index is 615. The van der Waals surface area contributed by atoms with Crippen molar-refractivity contribution in [2.45, 2.75) is 26.1 Å². The predicted molar refractivity (Wildman–Crippen MR) is 78.5 cm³/mol. The highest BCUT2D eigenvalue weighted by Crippen LogP contribution is 2.38. The monoisotopic (exact) mass is 345 g/mol. The van der Waals surface area contributed by atoms with Crippen LogP contribution in [0.25, 0.3) is 0 Å². The molecule has 0 radical (unpaired) electrons. The first-order valence-corrected chi connectivity index (χ1v) is 7.41. The summed E-state index contributed by atoms with van der Waals surface area (Å²) < 4.78 is 44.3. The van der Waals surface area contributed by atoms with Crippen LogP contribution in [0.15, 0.2) is 24.3 Å². The highest BCUT2D eigenvalue weighted by Gasteiger charge is 2.53. The molecular weight excluding hydrogens is 327 g/mol. The molecule has 0 spiro atoms. The fourth-order valence-corrected chi connectivity index (χ4v) is 2.69. The fourth-order valence-electron chi connectivity index (χ4n) is 2.69. The van der Waals surface area contributed by atoms with Gasteiger partial charge in [-0.25, -0.2) is 0 Å². The third-order valence-corrected chi connectivity index (χ3v) is 4.05. The van der Waals surface area contributed by atoms with Gasteiger partial charge in [-0.15, -0.1) is 0 Å². The molecule has 8 heteroatoms. The Morgan fingerprint density at radius 3 is 2.29 bits per heavy atom. The number of carbonyl (C=O) groups is 2. The van der Waals surface area contributed by atoms with Crippen LogP contribution in [0.2, 0.25) is 0 Å². The maximum atomic E-state index is 13.0. The van der Waals surface area contributed by atoms with E-state index in [1.165, 1.54) is 6.92 Å². The van der Waals surface area contributed by atoms with Crippen molar-refractivity contribution in [2.24, 2.45) is 11.8 Å². The Morgan fingerprint density at radius 2 is 1.83 bits per heavy atom.